The first-order valence-corrected chi connectivity index (χ1v) is 8.19. The van der Waals surface area contributed by atoms with Crippen LogP contribution >= 0.6 is 27.3 Å². The van der Waals surface area contributed by atoms with Gasteiger partial charge in [0.1, 0.15) is 4.88 Å². The van der Waals surface area contributed by atoms with Crippen molar-refractivity contribution in [3.05, 3.63) is 44.3 Å². The molecule has 0 fully saturated rings. The van der Waals surface area contributed by atoms with E-state index in [4.69, 9.17) is 4.74 Å². The predicted molar refractivity (Wildman–Crippen MR) is 89.2 cm³/mol. The Morgan fingerprint density at radius 3 is 2.68 bits per heavy atom. The van der Waals surface area contributed by atoms with Crippen LogP contribution in [0, 0.1) is 13.8 Å². The molecule has 1 N–H and O–H groups in total. The molecule has 1 heterocycles. The van der Waals surface area contributed by atoms with Crippen molar-refractivity contribution in [1.29, 1.82) is 0 Å². The Hall–Kier alpha value is -1.73. The molecule has 2 rings (SSSR count). The molecule has 1 aromatic heterocycles. The van der Waals surface area contributed by atoms with Gasteiger partial charge in [0.25, 0.3) is 5.91 Å². The lowest BCUT2D eigenvalue weighted by Gasteiger charge is -2.13. The van der Waals surface area contributed by atoms with Crippen molar-refractivity contribution in [3.8, 4) is 0 Å². The van der Waals surface area contributed by atoms with Gasteiger partial charge >= 0.3 is 5.97 Å². The van der Waals surface area contributed by atoms with E-state index in [1.807, 2.05) is 13.0 Å². The van der Waals surface area contributed by atoms with E-state index < -0.39 is 12.1 Å². The zero-order valence-corrected chi connectivity index (χ0v) is 14.7. The number of ether oxygens (including phenoxy) is 1. The maximum atomic E-state index is 12.1. The summed E-state index contributed by atoms with van der Waals surface area (Å²) in [5.41, 5.74) is 1.25. The first kappa shape index (κ1) is 16.6. The quantitative estimate of drug-likeness (QED) is 0.818. The summed E-state index contributed by atoms with van der Waals surface area (Å²) in [6, 6.07) is 7.19. The molecular weight excluding hydrogens is 368 g/mol. The minimum Gasteiger partial charge on any atom is -0.448 e. The van der Waals surface area contributed by atoms with Crippen LogP contribution < -0.4 is 5.32 Å². The molecule has 0 aliphatic heterocycles. The molecule has 7 heteroatoms. The second-order valence-electron chi connectivity index (χ2n) is 4.69. The fourth-order valence-electron chi connectivity index (χ4n) is 1.80. The van der Waals surface area contributed by atoms with E-state index in [1.165, 1.54) is 18.3 Å². The van der Waals surface area contributed by atoms with Crippen molar-refractivity contribution in [1.82, 2.24) is 4.98 Å². The lowest BCUT2D eigenvalue weighted by atomic mass is 10.3. The van der Waals surface area contributed by atoms with Crippen LogP contribution in [-0.2, 0) is 9.53 Å². The number of hydrogen-bond acceptors (Lipinski definition) is 5. The van der Waals surface area contributed by atoms with Gasteiger partial charge in [-0.2, -0.15) is 0 Å². The zero-order valence-electron chi connectivity index (χ0n) is 12.3. The average molecular weight is 383 g/mol. The van der Waals surface area contributed by atoms with E-state index >= 15 is 0 Å². The Kier molecular flexibility index (Phi) is 5.31. The maximum absolute atomic E-state index is 12.1. The largest absolute Gasteiger partial charge is 0.448 e. The number of esters is 1. The number of nitrogens with zero attached hydrogens (tertiary/aromatic N) is 1. The van der Waals surface area contributed by atoms with E-state index in [2.05, 4.69) is 26.2 Å². The second kappa shape index (κ2) is 7.02. The van der Waals surface area contributed by atoms with Crippen molar-refractivity contribution >= 4 is 44.8 Å². The number of aromatic nitrogens is 1. The summed E-state index contributed by atoms with van der Waals surface area (Å²) in [6.07, 6.45) is -0.895. The van der Waals surface area contributed by atoms with Crippen molar-refractivity contribution in [2.24, 2.45) is 0 Å². The molecule has 2 aromatic rings. The third kappa shape index (κ3) is 4.14. The number of carbonyl (C=O) groups excluding carboxylic acids is 2. The zero-order chi connectivity index (χ0) is 16.3. The number of benzene rings is 1. The smallest absolute Gasteiger partial charge is 0.351 e. The number of rotatable bonds is 4. The van der Waals surface area contributed by atoms with Gasteiger partial charge in [-0.05, 0) is 39.0 Å². The fourth-order valence-corrected chi connectivity index (χ4v) is 3.00. The monoisotopic (exact) mass is 382 g/mol. The lowest BCUT2D eigenvalue weighted by molar-refractivity contribution is -0.123. The highest BCUT2D eigenvalue weighted by Crippen LogP contribution is 2.19. The highest BCUT2D eigenvalue weighted by molar-refractivity contribution is 9.10. The predicted octanol–water partition coefficient (Wildman–Crippen LogP) is 3.71. The van der Waals surface area contributed by atoms with Gasteiger partial charge in [0.05, 0.1) is 10.7 Å². The number of halogens is 1. The number of nitrogens with one attached hydrogen (secondary N) is 1. The van der Waals surface area contributed by atoms with Gasteiger partial charge in [-0.3, -0.25) is 4.79 Å². The van der Waals surface area contributed by atoms with Crippen LogP contribution in [0.3, 0.4) is 0 Å². The van der Waals surface area contributed by atoms with Crippen LogP contribution in [0.2, 0.25) is 0 Å². The first-order valence-electron chi connectivity index (χ1n) is 6.58. The Morgan fingerprint density at radius 2 is 2.09 bits per heavy atom. The number of aryl methyl sites for hydroxylation is 2. The molecule has 1 aromatic carbocycles. The van der Waals surface area contributed by atoms with Crippen molar-refractivity contribution < 1.29 is 14.3 Å². The molecule has 1 atom stereocenters. The van der Waals surface area contributed by atoms with Gasteiger partial charge in [0, 0.05) is 10.2 Å². The number of amides is 1. The lowest BCUT2D eigenvalue weighted by Crippen LogP contribution is -2.29. The van der Waals surface area contributed by atoms with Gasteiger partial charge in [-0.1, -0.05) is 22.0 Å². The first-order chi connectivity index (χ1) is 10.4. The highest BCUT2D eigenvalue weighted by atomic mass is 79.9. The summed E-state index contributed by atoms with van der Waals surface area (Å²) in [4.78, 5) is 28.7. The van der Waals surface area contributed by atoms with E-state index in [0.29, 0.717) is 16.3 Å². The molecule has 0 aliphatic rings. The van der Waals surface area contributed by atoms with E-state index in [-0.39, 0.29) is 5.91 Å². The van der Waals surface area contributed by atoms with E-state index in [0.717, 1.165) is 9.48 Å². The highest BCUT2D eigenvalue weighted by Gasteiger charge is 2.22. The number of hydrogen-bond donors (Lipinski definition) is 1. The van der Waals surface area contributed by atoms with Crippen LogP contribution in [0.1, 0.15) is 27.3 Å². The Bertz CT molecular complexity index is 715. The summed E-state index contributed by atoms with van der Waals surface area (Å²) in [7, 11) is 0. The molecule has 0 radical (unpaired) electrons. The van der Waals surface area contributed by atoms with Crippen LogP contribution in [0.25, 0.3) is 0 Å². The molecule has 0 bridgehead atoms. The molecular formula is C15H15BrN2O3S. The van der Waals surface area contributed by atoms with Crippen LogP contribution in [0.5, 0.6) is 0 Å². The SMILES string of the molecule is Cc1nc(C)c(C(=O)O[C@@H](C)C(=O)Nc2cccc(Br)c2)s1. The van der Waals surface area contributed by atoms with Gasteiger partial charge in [0.15, 0.2) is 6.10 Å². The normalized spacial score (nSPS) is 11.8. The topological polar surface area (TPSA) is 68.3 Å². The van der Waals surface area contributed by atoms with Crippen LogP contribution in [-0.4, -0.2) is 23.0 Å². The van der Waals surface area contributed by atoms with Crippen molar-refractivity contribution in [2.75, 3.05) is 5.32 Å². The molecule has 0 saturated heterocycles. The summed E-state index contributed by atoms with van der Waals surface area (Å²) in [5, 5.41) is 3.49. The summed E-state index contributed by atoms with van der Waals surface area (Å²) < 4.78 is 6.06. The molecule has 0 unspecified atom stereocenters. The third-order valence-electron chi connectivity index (χ3n) is 2.83. The Labute approximate surface area is 140 Å². The third-order valence-corrected chi connectivity index (χ3v) is 4.38. The molecule has 0 spiro atoms. The van der Waals surface area contributed by atoms with Crippen molar-refractivity contribution in [3.63, 3.8) is 0 Å². The van der Waals surface area contributed by atoms with E-state index in [1.54, 1.807) is 25.1 Å². The Morgan fingerprint density at radius 1 is 1.36 bits per heavy atom. The second-order valence-corrected chi connectivity index (χ2v) is 6.81. The van der Waals surface area contributed by atoms with Gasteiger partial charge < -0.3 is 10.1 Å². The van der Waals surface area contributed by atoms with Crippen LogP contribution in [0.4, 0.5) is 5.69 Å². The standard InChI is InChI=1S/C15H15BrN2O3S/c1-8-13(22-10(3)17-8)15(20)21-9(2)14(19)18-12-6-4-5-11(16)7-12/h4-7,9H,1-3H3,(H,18,19)/t9-/m0/s1. The summed E-state index contributed by atoms with van der Waals surface area (Å²) in [6.45, 7) is 5.10. The number of thiazole rings is 1. The van der Waals surface area contributed by atoms with Gasteiger partial charge in [-0.15, -0.1) is 11.3 Å². The summed E-state index contributed by atoms with van der Waals surface area (Å²) >= 11 is 4.59. The van der Waals surface area contributed by atoms with Gasteiger partial charge in [0.2, 0.25) is 0 Å². The molecule has 116 valence electrons. The minimum atomic E-state index is -0.895. The van der Waals surface area contributed by atoms with E-state index in [9.17, 15) is 9.59 Å². The number of carbonyl (C=O) groups is 2. The Balaban J connectivity index is 1.99. The molecule has 1 amide bonds. The minimum absolute atomic E-state index is 0.384. The average Bonchev–Trinajstić information content (AvgIpc) is 2.77. The maximum Gasteiger partial charge on any atom is 0.351 e. The number of anilines is 1. The fraction of sp³-hybridized carbons (Fsp3) is 0.267. The van der Waals surface area contributed by atoms with Crippen molar-refractivity contribution in [2.45, 2.75) is 26.9 Å². The molecule has 0 saturated carbocycles. The van der Waals surface area contributed by atoms with Gasteiger partial charge in [-0.25, -0.2) is 9.78 Å². The molecule has 5 nitrogen and oxygen atoms in total. The molecule has 22 heavy (non-hydrogen) atoms. The van der Waals surface area contributed by atoms with Crippen LogP contribution in [0.15, 0.2) is 28.7 Å². The molecule has 0 aliphatic carbocycles. The summed E-state index contributed by atoms with van der Waals surface area (Å²) in [5.74, 6) is -0.912.